The Kier molecular flexibility index (Phi) is 4.85. The van der Waals surface area contributed by atoms with Crippen molar-refractivity contribution in [3.8, 4) is 6.07 Å². The predicted octanol–water partition coefficient (Wildman–Crippen LogP) is 2.38. The quantitative estimate of drug-likeness (QED) is 0.931. The Balaban J connectivity index is 1.90. The monoisotopic (exact) mass is 317 g/mol. The van der Waals surface area contributed by atoms with E-state index in [2.05, 4.69) is 5.32 Å². The lowest BCUT2D eigenvalue weighted by Gasteiger charge is -2.33. The molecule has 1 aliphatic heterocycles. The van der Waals surface area contributed by atoms with Gasteiger partial charge in [-0.2, -0.15) is 18.4 Å². The topological polar surface area (TPSA) is 56.1 Å². The van der Waals surface area contributed by atoms with Crippen molar-refractivity contribution in [1.82, 2.24) is 10.2 Å². The Bertz CT molecular complexity index is 550. The van der Waals surface area contributed by atoms with Crippen LogP contribution in [0.25, 0.3) is 0 Å². The van der Waals surface area contributed by atoms with Crippen LogP contribution in [0.4, 0.5) is 13.2 Å². The summed E-state index contributed by atoms with van der Waals surface area (Å²) in [4.78, 5) is 14.1. The van der Waals surface area contributed by atoms with Crippen molar-refractivity contribution < 1.29 is 18.0 Å². The van der Waals surface area contributed by atoms with Gasteiger partial charge in [-0.05, 0) is 31.5 Å². The van der Waals surface area contributed by atoms with Gasteiger partial charge in [0.2, 0.25) is 0 Å². The second kappa shape index (κ2) is 6.45. The zero-order chi connectivity index (χ0) is 15.5. The number of nitrogens with one attached hydrogen (secondary N) is 1. The van der Waals surface area contributed by atoms with E-state index in [4.69, 9.17) is 5.26 Å². The van der Waals surface area contributed by atoms with Gasteiger partial charge in [-0.15, -0.1) is 11.3 Å². The number of amides is 1. The molecule has 2 heterocycles. The molecule has 1 unspecified atom stereocenters. The van der Waals surface area contributed by atoms with Crippen LogP contribution in [0, 0.1) is 11.3 Å². The third-order valence-corrected chi connectivity index (χ3v) is 4.17. The highest BCUT2D eigenvalue weighted by Crippen LogP contribution is 2.20. The number of rotatable bonds is 3. The fourth-order valence-electron chi connectivity index (χ4n) is 2.35. The lowest BCUT2D eigenvalue weighted by Crippen LogP contribution is -2.49. The van der Waals surface area contributed by atoms with E-state index >= 15 is 0 Å². The van der Waals surface area contributed by atoms with Crippen molar-refractivity contribution in [3.05, 3.63) is 21.9 Å². The Labute approximate surface area is 124 Å². The van der Waals surface area contributed by atoms with Crippen molar-refractivity contribution in [2.24, 2.45) is 0 Å². The lowest BCUT2D eigenvalue weighted by molar-refractivity contribution is -0.148. The van der Waals surface area contributed by atoms with Crippen LogP contribution in [0.5, 0.6) is 0 Å². The van der Waals surface area contributed by atoms with E-state index in [0.29, 0.717) is 29.1 Å². The molecule has 1 aliphatic rings. The molecule has 1 atom stereocenters. The maximum Gasteiger partial charge on any atom is 0.401 e. The molecule has 0 aromatic carbocycles. The Morgan fingerprint density at radius 3 is 2.90 bits per heavy atom. The minimum Gasteiger partial charge on any atom is -0.347 e. The second-order valence-electron chi connectivity index (χ2n) is 4.94. The Hall–Kier alpha value is -1.59. The second-order valence-corrected chi connectivity index (χ2v) is 6.02. The molecule has 4 nitrogen and oxygen atoms in total. The summed E-state index contributed by atoms with van der Waals surface area (Å²) in [6, 6.07) is 4.76. The summed E-state index contributed by atoms with van der Waals surface area (Å²) in [5.74, 6) is -0.333. The number of hydrogen-bond donors (Lipinski definition) is 1. The first-order valence-electron chi connectivity index (χ1n) is 6.47. The van der Waals surface area contributed by atoms with Crippen LogP contribution >= 0.6 is 11.3 Å². The Morgan fingerprint density at radius 2 is 2.29 bits per heavy atom. The summed E-state index contributed by atoms with van der Waals surface area (Å²) in [5.41, 5.74) is 0. The zero-order valence-electron chi connectivity index (χ0n) is 11.1. The van der Waals surface area contributed by atoms with Gasteiger partial charge in [0.05, 0.1) is 11.4 Å². The third-order valence-electron chi connectivity index (χ3n) is 3.18. The lowest BCUT2D eigenvalue weighted by atomic mass is 10.1. The highest BCUT2D eigenvalue weighted by atomic mass is 32.1. The normalized spacial score (nSPS) is 20.0. The molecular formula is C13H14F3N3OS. The number of nitrogens with zero attached hydrogens (tertiary/aromatic N) is 2. The van der Waals surface area contributed by atoms with Gasteiger partial charge in [0.1, 0.15) is 10.9 Å². The number of piperidine rings is 1. The highest BCUT2D eigenvalue weighted by Gasteiger charge is 2.33. The number of carbonyl (C=O) groups excluding carboxylic acids is 1. The molecule has 21 heavy (non-hydrogen) atoms. The largest absolute Gasteiger partial charge is 0.401 e. The molecule has 1 N–H and O–H groups in total. The molecule has 0 bridgehead atoms. The number of nitriles is 1. The van der Waals surface area contributed by atoms with Crippen molar-refractivity contribution >= 4 is 17.2 Å². The van der Waals surface area contributed by atoms with Gasteiger partial charge in [-0.25, -0.2) is 0 Å². The molecule has 114 valence electrons. The third kappa shape index (κ3) is 4.72. The predicted molar refractivity (Wildman–Crippen MR) is 72.0 cm³/mol. The number of hydrogen-bond acceptors (Lipinski definition) is 4. The van der Waals surface area contributed by atoms with Gasteiger partial charge < -0.3 is 5.32 Å². The first-order chi connectivity index (χ1) is 9.87. The smallest absolute Gasteiger partial charge is 0.347 e. The van der Waals surface area contributed by atoms with Crippen LogP contribution in [0.3, 0.4) is 0 Å². The zero-order valence-corrected chi connectivity index (χ0v) is 11.9. The minimum absolute atomic E-state index is 0.196. The van der Waals surface area contributed by atoms with Crippen molar-refractivity contribution in [1.29, 1.82) is 5.26 Å². The molecule has 0 aliphatic carbocycles. The summed E-state index contributed by atoms with van der Waals surface area (Å²) in [6.45, 7) is -0.359. The minimum atomic E-state index is -4.22. The summed E-state index contributed by atoms with van der Waals surface area (Å²) in [7, 11) is 0. The van der Waals surface area contributed by atoms with Crippen LogP contribution < -0.4 is 5.32 Å². The standard InChI is InChI=1S/C13H14F3N3OS/c14-13(15,16)8-19-5-1-2-9(7-19)18-12(20)11-4-3-10(6-17)21-11/h3-4,9H,1-2,5,7-8H2,(H,18,20). The number of alkyl halides is 3. The van der Waals surface area contributed by atoms with Crippen molar-refractivity contribution in [2.45, 2.75) is 25.1 Å². The SMILES string of the molecule is N#Cc1ccc(C(=O)NC2CCCN(CC(F)(F)F)C2)s1. The first-order valence-corrected chi connectivity index (χ1v) is 7.29. The number of halogens is 3. The average Bonchev–Trinajstić information content (AvgIpc) is 2.85. The van der Waals surface area contributed by atoms with E-state index in [1.54, 1.807) is 12.1 Å². The first kappa shape index (κ1) is 15.8. The average molecular weight is 317 g/mol. The summed E-state index contributed by atoms with van der Waals surface area (Å²) in [6.07, 6.45) is -2.94. The van der Waals surface area contributed by atoms with Gasteiger partial charge >= 0.3 is 6.18 Å². The summed E-state index contributed by atoms with van der Waals surface area (Å²) < 4.78 is 37.1. The van der Waals surface area contributed by atoms with Gasteiger partial charge in [-0.1, -0.05) is 0 Å². The molecule has 0 radical (unpaired) electrons. The summed E-state index contributed by atoms with van der Waals surface area (Å²) >= 11 is 1.07. The molecule has 1 aromatic rings. The molecule has 2 rings (SSSR count). The summed E-state index contributed by atoms with van der Waals surface area (Å²) in [5, 5.41) is 11.5. The van der Waals surface area contributed by atoms with Crippen LogP contribution in [0.2, 0.25) is 0 Å². The van der Waals surface area contributed by atoms with Crippen molar-refractivity contribution in [3.63, 3.8) is 0 Å². The van der Waals surface area contributed by atoms with Crippen LogP contribution in [0.15, 0.2) is 12.1 Å². The molecule has 1 aromatic heterocycles. The fourth-order valence-corrected chi connectivity index (χ4v) is 3.05. The molecule has 1 amide bonds. The van der Waals surface area contributed by atoms with E-state index in [-0.39, 0.29) is 18.5 Å². The van der Waals surface area contributed by atoms with Gasteiger partial charge in [0.15, 0.2) is 0 Å². The van der Waals surface area contributed by atoms with E-state index in [1.165, 1.54) is 4.90 Å². The van der Waals surface area contributed by atoms with E-state index < -0.39 is 12.7 Å². The maximum absolute atomic E-state index is 12.4. The van der Waals surface area contributed by atoms with E-state index in [0.717, 1.165) is 11.3 Å². The van der Waals surface area contributed by atoms with E-state index in [9.17, 15) is 18.0 Å². The van der Waals surface area contributed by atoms with Crippen LogP contribution in [-0.2, 0) is 0 Å². The highest BCUT2D eigenvalue weighted by molar-refractivity contribution is 7.14. The van der Waals surface area contributed by atoms with Crippen LogP contribution in [-0.4, -0.2) is 42.7 Å². The molecule has 0 spiro atoms. The maximum atomic E-state index is 12.4. The number of likely N-dealkylation sites (tertiary alicyclic amines) is 1. The van der Waals surface area contributed by atoms with Gasteiger partial charge in [0.25, 0.3) is 5.91 Å². The molecule has 1 saturated heterocycles. The molecular weight excluding hydrogens is 303 g/mol. The number of thiophene rings is 1. The molecule has 1 fully saturated rings. The fraction of sp³-hybridized carbons (Fsp3) is 0.538. The Morgan fingerprint density at radius 1 is 1.52 bits per heavy atom. The van der Waals surface area contributed by atoms with Gasteiger partial charge in [0, 0.05) is 12.6 Å². The molecule has 8 heteroatoms. The number of carbonyl (C=O) groups is 1. The van der Waals surface area contributed by atoms with E-state index in [1.807, 2.05) is 6.07 Å². The van der Waals surface area contributed by atoms with Crippen LogP contribution in [0.1, 0.15) is 27.4 Å². The molecule has 0 saturated carbocycles. The van der Waals surface area contributed by atoms with Gasteiger partial charge in [-0.3, -0.25) is 9.69 Å². The van der Waals surface area contributed by atoms with Crippen molar-refractivity contribution in [2.75, 3.05) is 19.6 Å².